The number of benzene rings is 1. The van der Waals surface area contributed by atoms with Gasteiger partial charge in [-0.05, 0) is 6.07 Å². The topological polar surface area (TPSA) is 61.5 Å². The van der Waals surface area contributed by atoms with E-state index in [2.05, 4.69) is 15.0 Å². The van der Waals surface area contributed by atoms with Gasteiger partial charge in [0.25, 0.3) is 5.56 Å². The van der Waals surface area contributed by atoms with Gasteiger partial charge >= 0.3 is 0 Å². The zero-order valence-electron chi connectivity index (χ0n) is 8.70. The van der Waals surface area contributed by atoms with Crippen LogP contribution in [0.25, 0.3) is 22.2 Å². The number of aromatic amines is 2. The second-order valence-electron chi connectivity index (χ2n) is 3.64. The van der Waals surface area contributed by atoms with Crippen LogP contribution in [0.3, 0.4) is 0 Å². The van der Waals surface area contributed by atoms with Crippen molar-refractivity contribution in [2.45, 2.75) is 0 Å². The third-order valence-electron chi connectivity index (χ3n) is 2.64. The maximum Gasteiger partial charge on any atom is 0.260 e. The number of hydrogen-bond donors (Lipinski definition) is 2. The van der Waals surface area contributed by atoms with E-state index in [1.165, 1.54) is 6.33 Å². The van der Waals surface area contributed by atoms with Crippen LogP contribution in [-0.4, -0.2) is 15.0 Å². The average Bonchev–Trinajstić information content (AvgIpc) is 2.75. The molecule has 2 N–H and O–H groups in total. The first-order chi connectivity index (χ1) is 8.27. The van der Waals surface area contributed by atoms with Crippen molar-refractivity contribution in [2.24, 2.45) is 0 Å². The summed E-state index contributed by atoms with van der Waals surface area (Å²) < 4.78 is 0. The number of nitrogens with one attached hydrogen (secondary N) is 2. The maximum absolute atomic E-state index is 11.8. The summed E-state index contributed by atoms with van der Waals surface area (Å²) >= 11 is 6.12. The van der Waals surface area contributed by atoms with Crippen LogP contribution in [-0.2, 0) is 0 Å². The standard InChI is InChI=1S/C12H8ClN3O/c13-9-4-2-1-3-7(9)8-5-14-11-10(8)12(17)16-6-15-11/h1-6H,(H2,14,15,16,17). The molecule has 4 nitrogen and oxygen atoms in total. The van der Waals surface area contributed by atoms with Crippen molar-refractivity contribution in [3.63, 3.8) is 0 Å². The van der Waals surface area contributed by atoms with Crippen molar-refractivity contribution < 1.29 is 0 Å². The molecule has 3 aromatic rings. The van der Waals surface area contributed by atoms with E-state index < -0.39 is 0 Å². The van der Waals surface area contributed by atoms with Gasteiger partial charge in [0.1, 0.15) is 5.65 Å². The van der Waals surface area contributed by atoms with E-state index in [1.807, 2.05) is 18.2 Å². The van der Waals surface area contributed by atoms with Crippen LogP contribution in [0.1, 0.15) is 0 Å². The van der Waals surface area contributed by atoms with Crippen LogP contribution < -0.4 is 5.56 Å². The summed E-state index contributed by atoms with van der Waals surface area (Å²) in [5.74, 6) is 0. The van der Waals surface area contributed by atoms with Gasteiger partial charge < -0.3 is 9.97 Å². The van der Waals surface area contributed by atoms with Crippen molar-refractivity contribution in [1.29, 1.82) is 0 Å². The summed E-state index contributed by atoms with van der Waals surface area (Å²) in [4.78, 5) is 21.4. The number of rotatable bonds is 1. The molecule has 0 amide bonds. The van der Waals surface area contributed by atoms with Crippen molar-refractivity contribution >= 4 is 22.6 Å². The van der Waals surface area contributed by atoms with Gasteiger partial charge in [0.05, 0.1) is 11.7 Å². The molecule has 0 saturated heterocycles. The molecule has 0 aliphatic heterocycles. The Morgan fingerprint density at radius 1 is 1.12 bits per heavy atom. The molecule has 0 saturated carbocycles. The van der Waals surface area contributed by atoms with Crippen LogP contribution >= 0.6 is 11.6 Å². The number of fused-ring (bicyclic) bond motifs is 1. The summed E-state index contributed by atoms with van der Waals surface area (Å²) in [5, 5.41) is 1.14. The first-order valence-electron chi connectivity index (χ1n) is 5.07. The summed E-state index contributed by atoms with van der Waals surface area (Å²) in [6.45, 7) is 0. The second kappa shape index (κ2) is 3.75. The molecule has 0 radical (unpaired) electrons. The number of H-pyrrole nitrogens is 2. The summed E-state index contributed by atoms with van der Waals surface area (Å²) in [5.41, 5.74) is 1.97. The van der Waals surface area contributed by atoms with Crippen molar-refractivity contribution in [1.82, 2.24) is 15.0 Å². The van der Waals surface area contributed by atoms with E-state index in [0.29, 0.717) is 16.1 Å². The number of hydrogen-bond acceptors (Lipinski definition) is 2. The van der Waals surface area contributed by atoms with Crippen molar-refractivity contribution in [3.8, 4) is 11.1 Å². The lowest BCUT2D eigenvalue weighted by Crippen LogP contribution is -2.05. The highest BCUT2D eigenvalue weighted by Gasteiger charge is 2.12. The molecule has 3 rings (SSSR count). The van der Waals surface area contributed by atoms with Crippen molar-refractivity contribution in [3.05, 3.63) is 52.2 Å². The molecule has 84 valence electrons. The van der Waals surface area contributed by atoms with Crippen LogP contribution in [0.4, 0.5) is 0 Å². The SMILES string of the molecule is O=c1[nH]cnc2[nH]cc(-c3ccccc3Cl)c12. The molecule has 0 aliphatic carbocycles. The first kappa shape index (κ1) is 10.1. The molecule has 5 heteroatoms. The van der Waals surface area contributed by atoms with Crippen LogP contribution in [0.15, 0.2) is 41.6 Å². The minimum atomic E-state index is -0.175. The fourth-order valence-electron chi connectivity index (χ4n) is 1.86. The Morgan fingerprint density at radius 2 is 1.94 bits per heavy atom. The van der Waals surface area contributed by atoms with Gasteiger partial charge in [-0.3, -0.25) is 4.79 Å². The number of aromatic nitrogens is 3. The maximum atomic E-state index is 11.8. The Morgan fingerprint density at radius 3 is 2.76 bits per heavy atom. The Kier molecular flexibility index (Phi) is 2.23. The van der Waals surface area contributed by atoms with E-state index >= 15 is 0 Å². The molecular weight excluding hydrogens is 238 g/mol. The third-order valence-corrected chi connectivity index (χ3v) is 2.97. The van der Waals surface area contributed by atoms with E-state index in [1.54, 1.807) is 12.3 Å². The zero-order chi connectivity index (χ0) is 11.8. The monoisotopic (exact) mass is 245 g/mol. The normalized spacial score (nSPS) is 10.9. The van der Waals surface area contributed by atoms with Gasteiger partial charge in [-0.25, -0.2) is 4.98 Å². The lowest BCUT2D eigenvalue weighted by molar-refractivity contribution is 1.16. The second-order valence-corrected chi connectivity index (χ2v) is 4.04. The summed E-state index contributed by atoms with van der Waals surface area (Å²) in [6, 6.07) is 7.39. The van der Waals surface area contributed by atoms with Crippen LogP contribution in [0.2, 0.25) is 5.02 Å². The van der Waals surface area contributed by atoms with E-state index in [4.69, 9.17) is 11.6 Å². The highest BCUT2D eigenvalue weighted by Crippen LogP contribution is 2.30. The third kappa shape index (κ3) is 1.54. The van der Waals surface area contributed by atoms with E-state index in [9.17, 15) is 4.79 Å². The summed E-state index contributed by atoms with van der Waals surface area (Å²) in [7, 11) is 0. The molecule has 0 bridgehead atoms. The highest BCUT2D eigenvalue weighted by atomic mass is 35.5. The van der Waals surface area contributed by atoms with Gasteiger partial charge in [-0.2, -0.15) is 0 Å². The van der Waals surface area contributed by atoms with Gasteiger partial charge in [-0.1, -0.05) is 29.8 Å². The predicted molar refractivity (Wildman–Crippen MR) is 67.2 cm³/mol. The molecule has 0 spiro atoms. The van der Waals surface area contributed by atoms with Gasteiger partial charge in [0, 0.05) is 22.3 Å². The smallest absolute Gasteiger partial charge is 0.260 e. The Balaban J connectivity index is 2.40. The van der Waals surface area contributed by atoms with Crippen LogP contribution in [0, 0.1) is 0 Å². The largest absolute Gasteiger partial charge is 0.345 e. The van der Waals surface area contributed by atoms with E-state index in [-0.39, 0.29) is 5.56 Å². The average molecular weight is 246 g/mol. The quantitative estimate of drug-likeness (QED) is 0.692. The predicted octanol–water partition coefficient (Wildman–Crippen LogP) is 2.57. The first-order valence-corrected chi connectivity index (χ1v) is 5.45. The van der Waals surface area contributed by atoms with Crippen LogP contribution in [0.5, 0.6) is 0 Å². The molecule has 2 aromatic heterocycles. The fraction of sp³-hybridized carbons (Fsp3) is 0. The number of nitrogens with zero attached hydrogens (tertiary/aromatic N) is 1. The molecule has 2 heterocycles. The minimum absolute atomic E-state index is 0.175. The summed E-state index contributed by atoms with van der Waals surface area (Å²) in [6.07, 6.45) is 3.12. The van der Waals surface area contributed by atoms with Gasteiger partial charge in [0.15, 0.2) is 0 Å². The Bertz CT molecular complexity index is 745. The zero-order valence-corrected chi connectivity index (χ0v) is 9.45. The molecule has 0 fully saturated rings. The lowest BCUT2D eigenvalue weighted by atomic mass is 10.1. The van der Waals surface area contributed by atoms with E-state index in [0.717, 1.165) is 11.1 Å². The molecular formula is C12H8ClN3O. The van der Waals surface area contributed by atoms with Crippen molar-refractivity contribution in [2.75, 3.05) is 0 Å². The fourth-order valence-corrected chi connectivity index (χ4v) is 2.10. The molecule has 17 heavy (non-hydrogen) atoms. The Labute approximate surface area is 101 Å². The minimum Gasteiger partial charge on any atom is -0.345 e. The van der Waals surface area contributed by atoms with Gasteiger partial charge in [0.2, 0.25) is 0 Å². The molecule has 0 aliphatic rings. The molecule has 0 atom stereocenters. The lowest BCUT2D eigenvalue weighted by Gasteiger charge is -2.01. The van der Waals surface area contributed by atoms with Gasteiger partial charge in [-0.15, -0.1) is 0 Å². The molecule has 1 aromatic carbocycles. The molecule has 0 unspecified atom stereocenters. The Hall–Kier alpha value is -2.07. The highest BCUT2D eigenvalue weighted by molar-refractivity contribution is 6.33. The number of halogens is 1.